The summed E-state index contributed by atoms with van der Waals surface area (Å²) in [5, 5.41) is 0. The van der Waals surface area contributed by atoms with Gasteiger partial charge in [-0.05, 0) is 51.4 Å². The van der Waals surface area contributed by atoms with Gasteiger partial charge in [-0.15, -0.1) is 0 Å². The molecule has 1 aliphatic rings. The zero-order valence-electron chi connectivity index (χ0n) is 35.1. The van der Waals surface area contributed by atoms with E-state index in [0.717, 1.165) is 51.4 Å². The van der Waals surface area contributed by atoms with Gasteiger partial charge in [-0.2, -0.15) is 0 Å². The maximum absolute atomic E-state index is 12.7. The van der Waals surface area contributed by atoms with E-state index in [1.807, 2.05) is 21.1 Å². The molecular formula is C44H80NO8P. The lowest BCUT2D eigenvalue weighted by Crippen LogP contribution is -2.37. The number of unbranched alkanes of at least 4 members (excludes halogenated alkanes) is 14. The molecule has 0 aromatic carbocycles. The summed E-state index contributed by atoms with van der Waals surface area (Å²) in [4.78, 5) is 25.1. The molecule has 0 N–H and O–H groups in total. The van der Waals surface area contributed by atoms with E-state index in [-0.39, 0.29) is 32.3 Å². The van der Waals surface area contributed by atoms with Crippen molar-refractivity contribution in [1.82, 2.24) is 0 Å². The average molecular weight is 782 g/mol. The molecule has 0 spiro atoms. The van der Waals surface area contributed by atoms with E-state index in [4.69, 9.17) is 23.3 Å². The van der Waals surface area contributed by atoms with Crippen LogP contribution in [0, 0.1) is 0 Å². The maximum atomic E-state index is 12.7. The van der Waals surface area contributed by atoms with Gasteiger partial charge in [0.25, 0.3) is 7.82 Å². The summed E-state index contributed by atoms with van der Waals surface area (Å²) in [5.74, 6) is -0.395. The number of phosphoric ester groups is 1. The Morgan fingerprint density at radius 1 is 0.685 bits per heavy atom. The lowest BCUT2D eigenvalue weighted by molar-refractivity contribution is -0.870. The minimum atomic E-state index is -4.54. The summed E-state index contributed by atoms with van der Waals surface area (Å²) in [6.45, 7) is 5.20. The molecule has 1 aliphatic heterocycles. The Morgan fingerprint density at radius 3 is 1.80 bits per heavy atom. The fraction of sp³-hybridized carbons (Fsp3) is 0.795. The number of nitrogens with zero attached hydrogens (tertiary/aromatic N) is 1. The Morgan fingerprint density at radius 2 is 1.22 bits per heavy atom. The van der Waals surface area contributed by atoms with Gasteiger partial charge in [-0.25, -0.2) is 0 Å². The number of carbonyl (C=O) groups is 1. The van der Waals surface area contributed by atoms with Gasteiger partial charge >= 0.3 is 5.97 Å². The molecule has 4 unspecified atom stereocenters. The van der Waals surface area contributed by atoms with Crippen LogP contribution < -0.4 is 4.89 Å². The number of esters is 1. The number of rotatable bonds is 38. The summed E-state index contributed by atoms with van der Waals surface area (Å²) in [6.07, 6.45) is 41.5. The number of carbonyl (C=O) groups excluding carboxylic acids is 1. The van der Waals surface area contributed by atoms with E-state index in [1.54, 1.807) is 0 Å². The molecule has 0 amide bonds. The van der Waals surface area contributed by atoms with Gasteiger partial charge in [-0.1, -0.05) is 146 Å². The first-order valence-electron chi connectivity index (χ1n) is 21.5. The molecule has 0 saturated carbocycles. The van der Waals surface area contributed by atoms with Crippen molar-refractivity contribution in [2.24, 2.45) is 0 Å². The highest BCUT2D eigenvalue weighted by Crippen LogP contribution is 2.38. The molecular weight excluding hydrogens is 701 g/mol. The number of hydrogen-bond acceptors (Lipinski definition) is 8. The molecule has 1 rings (SSSR count). The van der Waals surface area contributed by atoms with E-state index in [2.05, 4.69) is 62.5 Å². The maximum Gasteiger partial charge on any atom is 0.306 e. The first-order chi connectivity index (χ1) is 26.1. The average Bonchev–Trinajstić information content (AvgIpc) is 3.88. The Bertz CT molecular complexity index is 1070. The standard InChI is InChI=1S/C44H80NO8P/c1-6-8-10-12-14-16-17-18-19-20-22-24-28-32-37-49-39-41(40-51-54(47,48)50-38-36-45(3,4)5)52-44(46)35-31-27-26-30-34-43-42(53-43)33-29-25-23-21-15-13-11-9-7-2/h9,11,15,21,25-26,29-30,41-43H,6-8,10,12-14,16-20,22-24,27-28,31-40H2,1-5H3/b11-9-,21-15-,29-25-,30-26-. The highest BCUT2D eigenvalue weighted by molar-refractivity contribution is 7.45. The van der Waals surface area contributed by atoms with Crippen molar-refractivity contribution in [2.75, 3.05) is 54.1 Å². The van der Waals surface area contributed by atoms with Gasteiger partial charge in [0.05, 0.1) is 46.6 Å². The molecule has 0 bridgehead atoms. The van der Waals surface area contributed by atoms with E-state index < -0.39 is 19.9 Å². The predicted molar refractivity (Wildman–Crippen MR) is 221 cm³/mol. The van der Waals surface area contributed by atoms with Crippen LogP contribution in [0.3, 0.4) is 0 Å². The molecule has 4 atom stereocenters. The molecule has 0 aliphatic carbocycles. The minimum Gasteiger partial charge on any atom is -0.756 e. The SMILES string of the molecule is CC/C=C\C/C=C\C/C=C\CC1OC1C/C=C\CCCC(=O)OC(COCCCCCCCCCCCCCCCC)COP(=O)([O-])OCC[N+](C)(C)C. The summed E-state index contributed by atoms with van der Waals surface area (Å²) < 4.78 is 40.3. The number of quaternary nitrogens is 1. The topological polar surface area (TPSA) is 107 Å². The smallest absolute Gasteiger partial charge is 0.306 e. The van der Waals surface area contributed by atoms with Gasteiger partial charge in [-0.3, -0.25) is 9.36 Å². The number of likely N-dealkylation sites (N-methyl/N-ethyl adjacent to an activating group) is 1. The van der Waals surface area contributed by atoms with Crippen LogP contribution in [-0.2, 0) is 32.6 Å². The number of epoxide rings is 1. The Hall–Kier alpha value is -1.58. The van der Waals surface area contributed by atoms with Crippen LogP contribution in [0.2, 0.25) is 0 Å². The largest absolute Gasteiger partial charge is 0.756 e. The van der Waals surface area contributed by atoms with Crippen molar-refractivity contribution in [3.05, 3.63) is 48.6 Å². The second-order valence-electron chi connectivity index (χ2n) is 15.7. The number of phosphoric acid groups is 1. The highest BCUT2D eigenvalue weighted by atomic mass is 31.2. The Kier molecular flexibility index (Phi) is 31.3. The fourth-order valence-electron chi connectivity index (χ4n) is 5.86. The van der Waals surface area contributed by atoms with Gasteiger partial charge < -0.3 is 32.6 Å². The quantitative estimate of drug-likeness (QED) is 0.0152. The third-order valence-corrected chi connectivity index (χ3v) is 10.3. The number of hydrogen-bond donors (Lipinski definition) is 0. The monoisotopic (exact) mass is 782 g/mol. The van der Waals surface area contributed by atoms with Crippen molar-refractivity contribution in [1.29, 1.82) is 0 Å². The van der Waals surface area contributed by atoms with Gasteiger partial charge in [0.1, 0.15) is 19.3 Å². The molecule has 1 saturated heterocycles. The second-order valence-corrected chi connectivity index (χ2v) is 17.1. The van der Waals surface area contributed by atoms with Crippen LogP contribution in [0.5, 0.6) is 0 Å². The molecule has 314 valence electrons. The summed E-state index contributed by atoms with van der Waals surface area (Å²) in [7, 11) is 1.31. The molecule has 10 heteroatoms. The Balaban J connectivity index is 2.29. The van der Waals surface area contributed by atoms with Crippen LogP contribution in [0.4, 0.5) is 0 Å². The third-order valence-electron chi connectivity index (χ3n) is 9.30. The van der Waals surface area contributed by atoms with Crippen LogP contribution in [0.15, 0.2) is 48.6 Å². The van der Waals surface area contributed by atoms with Crippen LogP contribution in [-0.4, -0.2) is 82.9 Å². The van der Waals surface area contributed by atoms with Gasteiger partial charge in [0.2, 0.25) is 0 Å². The van der Waals surface area contributed by atoms with Crippen LogP contribution >= 0.6 is 7.82 Å². The number of allylic oxidation sites excluding steroid dienone is 6. The van der Waals surface area contributed by atoms with Crippen LogP contribution in [0.1, 0.15) is 155 Å². The predicted octanol–water partition coefficient (Wildman–Crippen LogP) is 10.7. The van der Waals surface area contributed by atoms with Crippen molar-refractivity contribution in [3.8, 4) is 0 Å². The molecule has 0 radical (unpaired) electrons. The molecule has 0 aromatic rings. The van der Waals surface area contributed by atoms with Crippen molar-refractivity contribution >= 4 is 13.8 Å². The molecule has 1 heterocycles. The van der Waals surface area contributed by atoms with Crippen molar-refractivity contribution in [3.63, 3.8) is 0 Å². The lowest BCUT2D eigenvalue weighted by Gasteiger charge is -2.28. The second kappa shape index (κ2) is 33.5. The summed E-state index contributed by atoms with van der Waals surface area (Å²) >= 11 is 0. The zero-order chi connectivity index (χ0) is 39.6. The normalized spacial score (nSPS) is 18.0. The van der Waals surface area contributed by atoms with E-state index in [1.165, 1.54) is 77.0 Å². The molecule has 1 fully saturated rings. The molecule has 9 nitrogen and oxygen atoms in total. The van der Waals surface area contributed by atoms with Crippen molar-refractivity contribution in [2.45, 2.75) is 173 Å². The van der Waals surface area contributed by atoms with Gasteiger partial charge in [0.15, 0.2) is 0 Å². The fourth-order valence-corrected chi connectivity index (χ4v) is 6.59. The highest BCUT2D eigenvalue weighted by Gasteiger charge is 2.36. The van der Waals surface area contributed by atoms with E-state index in [9.17, 15) is 14.3 Å². The molecule has 0 aromatic heterocycles. The van der Waals surface area contributed by atoms with Crippen LogP contribution in [0.25, 0.3) is 0 Å². The third kappa shape index (κ3) is 33.7. The van der Waals surface area contributed by atoms with E-state index >= 15 is 0 Å². The van der Waals surface area contributed by atoms with Gasteiger partial charge in [0, 0.05) is 13.0 Å². The summed E-state index contributed by atoms with van der Waals surface area (Å²) in [6, 6.07) is 0. The molecule has 54 heavy (non-hydrogen) atoms. The van der Waals surface area contributed by atoms with Crippen molar-refractivity contribution < 1.29 is 42.0 Å². The first-order valence-corrected chi connectivity index (χ1v) is 23.0. The Labute approximate surface area is 331 Å². The van der Waals surface area contributed by atoms with E-state index in [0.29, 0.717) is 30.2 Å². The summed E-state index contributed by atoms with van der Waals surface area (Å²) in [5.41, 5.74) is 0. The zero-order valence-corrected chi connectivity index (χ0v) is 36.0. The number of ether oxygens (including phenoxy) is 3. The lowest BCUT2D eigenvalue weighted by atomic mass is 10.0. The first kappa shape index (κ1) is 50.4. The minimum absolute atomic E-state index is 0.0118.